The van der Waals surface area contributed by atoms with Crippen LogP contribution in [0, 0.1) is 0 Å². The standard InChI is InChI=1S/C19H22Cl2N2O3/c1-2-23-9-3-4-14(12-23)25-19(24)8-7-18-22-11-17(26-18)15-6-5-13(20)10-16(15)21/h5-6,10-11,14H,2-4,7-9,12H2,1H3. The summed E-state index contributed by atoms with van der Waals surface area (Å²) in [6, 6.07) is 5.18. The summed E-state index contributed by atoms with van der Waals surface area (Å²) in [6.45, 7) is 5.01. The number of benzene rings is 1. The number of nitrogens with zero attached hydrogens (tertiary/aromatic N) is 2. The van der Waals surface area contributed by atoms with E-state index >= 15 is 0 Å². The fraction of sp³-hybridized carbons (Fsp3) is 0.474. The van der Waals surface area contributed by atoms with Crippen LogP contribution in [-0.4, -0.2) is 41.6 Å². The third kappa shape index (κ3) is 5.00. The number of likely N-dealkylation sites (N-methyl/N-ethyl adjacent to an activating group) is 1. The molecule has 3 rings (SSSR count). The molecule has 7 heteroatoms. The second kappa shape index (κ2) is 8.89. The minimum atomic E-state index is -0.211. The zero-order valence-corrected chi connectivity index (χ0v) is 16.2. The minimum Gasteiger partial charge on any atom is -0.461 e. The summed E-state index contributed by atoms with van der Waals surface area (Å²) in [5, 5.41) is 1.06. The van der Waals surface area contributed by atoms with Gasteiger partial charge in [-0.2, -0.15) is 0 Å². The largest absolute Gasteiger partial charge is 0.461 e. The van der Waals surface area contributed by atoms with Crippen LogP contribution in [0.1, 0.15) is 32.1 Å². The van der Waals surface area contributed by atoms with E-state index in [1.54, 1.807) is 24.4 Å². The number of esters is 1. The van der Waals surface area contributed by atoms with Gasteiger partial charge in [0.05, 0.1) is 17.6 Å². The third-order valence-corrected chi connectivity index (χ3v) is 5.05. The van der Waals surface area contributed by atoms with Crippen LogP contribution in [0.15, 0.2) is 28.8 Å². The van der Waals surface area contributed by atoms with Crippen LogP contribution in [0.2, 0.25) is 10.0 Å². The molecule has 0 N–H and O–H groups in total. The molecule has 1 aliphatic rings. The lowest BCUT2D eigenvalue weighted by atomic mass is 10.1. The van der Waals surface area contributed by atoms with Crippen molar-refractivity contribution in [3.63, 3.8) is 0 Å². The quantitative estimate of drug-likeness (QED) is 0.667. The van der Waals surface area contributed by atoms with Crippen LogP contribution in [0.5, 0.6) is 0 Å². The molecular weight excluding hydrogens is 375 g/mol. The van der Waals surface area contributed by atoms with Gasteiger partial charge in [-0.15, -0.1) is 0 Å². The highest BCUT2D eigenvalue weighted by atomic mass is 35.5. The lowest BCUT2D eigenvalue weighted by molar-refractivity contribution is -0.151. The van der Waals surface area contributed by atoms with Gasteiger partial charge in [-0.25, -0.2) is 4.98 Å². The van der Waals surface area contributed by atoms with E-state index in [2.05, 4.69) is 16.8 Å². The van der Waals surface area contributed by atoms with Crippen LogP contribution in [0.3, 0.4) is 0 Å². The monoisotopic (exact) mass is 396 g/mol. The fourth-order valence-corrected chi connectivity index (χ4v) is 3.59. The molecule has 1 aliphatic heterocycles. The van der Waals surface area contributed by atoms with Crippen molar-refractivity contribution in [3.8, 4) is 11.3 Å². The van der Waals surface area contributed by atoms with E-state index in [-0.39, 0.29) is 18.5 Å². The summed E-state index contributed by atoms with van der Waals surface area (Å²) in [5.74, 6) is 0.833. The van der Waals surface area contributed by atoms with E-state index in [1.165, 1.54) is 0 Å². The van der Waals surface area contributed by atoms with Gasteiger partial charge in [-0.05, 0) is 44.1 Å². The van der Waals surface area contributed by atoms with Crippen LogP contribution in [-0.2, 0) is 16.0 Å². The highest BCUT2D eigenvalue weighted by molar-refractivity contribution is 6.36. The molecule has 0 amide bonds. The number of aryl methyl sites for hydroxylation is 1. The Labute approximate surface area is 163 Å². The molecule has 0 aliphatic carbocycles. The lowest BCUT2D eigenvalue weighted by Crippen LogP contribution is -2.40. The summed E-state index contributed by atoms with van der Waals surface area (Å²) in [5.41, 5.74) is 0.722. The average molecular weight is 397 g/mol. The Balaban J connectivity index is 1.52. The van der Waals surface area contributed by atoms with Crippen molar-refractivity contribution in [1.29, 1.82) is 0 Å². The molecule has 2 heterocycles. The molecule has 1 unspecified atom stereocenters. The van der Waals surface area contributed by atoms with Crippen molar-refractivity contribution in [3.05, 3.63) is 40.3 Å². The van der Waals surface area contributed by atoms with E-state index in [1.807, 2.05) is 0 Å². The van der Waals surface area contributed by atoms with Gasteiger partial charge in [-0.1, -0.05) is 30.1 Å². The summed E-state index contributed by atoms with van der Waals surface area (Å²) in [4.78, 5) is 18.6. The van der Waals surface area contributed by atoms with Crippen LogP contribution in [0.4, 0.5) is 0 Å². The van der Waals surface area contributed by atoms with Gasteiger partial charge in [0.25, 0.3) is 0 Å². The van der Waals surface area contributed by atoms with Crippen LogP contribution < -0.4 is 0 Å². The number of likely N-dealkylation sites (tertiary alicyclic amines) is 1. The Morgan fingerprint density at radius 1 is 1.42 bits per heavy atom. The first-order valence-electron chi connectivity index (χ1n) is 8.87. The van der Waals surface area contributed by atoms with E-state index in [9.17, 15) is 4.79 Å². The third-order valence-electron chi connectivity index (χ3n) is 4.50. The first kappa shape index (κ1) is 19.2. The smallest absolute Gasteiger partial charge is 0.306 e. The Bertz CT molecular complexity index is 763. The molecule has 0 spiro atoms. The second-order valence-electron chi connectivity index (χ2n) is 6.39. The maximum atomic E-state index is 12.1. The lowest BCUT2D eigenvalue weighted by Gasteiger charge is -2.31. The van der Waals surface area contributed by atoms with E-state index in [0.29, 0.717) is 28.1 Å². The van der Waals surface area contributed by atoms with Crippen LogP contribution >= 0.6 is 23.2 Å². The van der Waals surface area contributed by atoms with Gasteiger partial charge in [0.15, 0.2) is 11.7 Å². The van der Waals surface area contributed by atoms with Crippen molar-refractivity contribution >= 4 is 29.2 Å². The molecule has 1 saturated heterocycles. The Morgan fingerprint density at radius 2 is 2.27 bits per heavy atom. The molecule has 26 heavy (non-hydrogen) atoms. The van der Waals surface area contributed by atoms with Gasteiger partial charge in [-0.3, -0.25) is 9.69 Å². The Morgan fingerprint density at radius 3 is 3.04 bits per heavy atom. The molecule has 5 nitrogen and oxygen atoms in total. The highest BCUT2D eigenvalue weighted by Crippen LogP contribution is 2.30. The Kier molecular flexibility index (Phi) is 6.57. The number of aromatic nitrogens is 1. The number of oxazole rings is 1. The zero-order valence-electron chi connectivity index (χ0n) is 14.7. The number of ether oxygens (including phenoxy) is 1. The van der Waals surface area contributed by atoms with E-state index < -0.39 is 0 Å². The van der Waals surface area contributed by atoms with Gasteiger partial charge >= 0.3 is 5.97 Å². The maximum absolute atomic E-state index is 12.1. The van der Waals surface area contributed by atoms with Crippen molar-refractivity contribution in [1.82, 2.24) is 9.88 Å². The van der Waals surface area contributed by atoms with Gasteiger partial charge in [0.2, 0.25) is 0 Å². The number of piperidine rings is 1. The summed E-state index contributed by atoms with van der Waals surface area (Å²) < 4.78 is 11.3. The number of carbonyl (C=O) groups excluding carboxylic acids is 1. The molecule has 1 fully saturated rings. The SMILES string of the molecule is CCN1CCCC(OC(=O)CCc2ncc(-c3ccc(Cl)cc3Cl)o2)C1. The van der Waals surface area contributed by atoms with E-state index in [4.69, 9.17) is 32.4 Å². The number of carbonyl (C=O) groups is 1. The first-order valence-corrected chi connectivity index (χ1v) is 9.62. The summed E-state index contributed by atoms with van der Waals surface area (Å²) >= 11 is 12.1. The Hall–Kier alpha value is -1.56. The zero-order chi connectivity index (χ0) is 18.5. The predicted octanol–water partition coefficient (Wildman–Crippen LogP) is 4.61. The number of halogens is 2. The molecule has 2 aromatic rings. The van der Waals surface area contributed by atoms with Crippen molar-refractivity contribution < 1.29 is 13.9 Å². The highest BCUT2D eigenvalue weighted by Gasteiger charge is 2.22. The molecule has 1 atom stereocenters. The molecule has 0 radical (unpaired) electrons. The van der Waals surface area contributed by atoms with Gasteiger partial charge in [0, 0.05) is 23.6 Å². The van der Waals surface area contributed by atoms with Crippen molar-refractivity contribution in [2.45, 2.75) is 38.7 Å². The maximum Gasteiger partial charge on any atom is 0.306 e. The van der Waals surface area contributed by atoms with Gasteiger partial charge in [0.1, 0.15) is 6.10 Å². The minimum absolute atomic E-state index is 0.0100. The van der Waals surface area contributed by atoms with Crippen molar-refractivity contribution in [2.24, 2.45) is 0 Å². The summed E-state index contributed by atoms with van der Waals surface area (Å²) in [7, 11) is 0. The number of rotatable bonds is 6. The first-order chi connectivity index (χ1) is 12.5. The predicted molar refractivity (Wildman–Crippen MR) is 102 cm³/mol. The molecular formula is C19H22Cl2N2O3. The summed E-state index contributed by atoms with van der Waals surface area (Å²) in [6.07, 6.45) is 4.24. The average Bonchev–Trinajstić information content (AvgIpc) is 3.09. The normalized spacial score (nSPS) is 18.0. The van der Waals surface area contributed by atoms with Crippen LogP contribution in [0.25, 0.3) is 11.3 Å². The topological polar surface area (TPSA) is 55.6 Å². The van der Waals surface area contributed by atoms with E-state index in [0.717, 1.165) is 38.0 Å². The molecule has 1 aromatic heterocycles. The molecule has 140 valence electrons. The van der Waals surface area contributed by atoms with Gasteiger partial charge < -0.3 is 9.15 Å². The fourth-order valence-electron chi connectivity index (χ4n) is 3.09. The van der Waals surface area contributed by atoms with Crippen molar-refractivity contribution in [2.75, 3.05) is 19.6 Å². The number of hydrogen-bond acceptors (Lipinski definition) is 5. The molecule has 0 bridgehead atoms. The second-order valence-corrected chi connectivity index (χ2v) is 7.23. The number of hydrogen-bond donors (Lipinski definition) is 0. The molecule has 0 saturated carbocycles. The molecule has 1 aromatic carbocycles.